The van der Waals surface area contributed by atoms with E-state index < -0.39 is 0 Å². The third kappa shape index (κ3) is 4.95. The summed E-state index contributed by atoms with van der Waals surface area (Å²) >= 11 is 1.70. The van der Waals surface area contributed by atoms with Crippen molar-refractivity contribution in [3.63, 3.8) is 0 Å². The van der Waals surface area contributed by atoms with Gasteiger partial charge in [0.05, 0.1) is 12.2 Å². The van der Waals surface area contributed by atoms with Crippen LogP contribution in [0.5, 0.6) is 0 Å². The Hall–Kier alpha value is -1.68. The molecule has 0 saturated carbocycles. The van der Waals surface area contributed by atoms with Crippen LogP contribution in [0.1, 0.15) is 52.9 Å². The van der Waals surface area contributed by atoms with Crippen LogP contribution in [0.3, 0.4) is 0 Å². The van der Waals surface area contributed by atoms with Gasteiger partial charge < -0.3 is 5.32 Å². The van der Waals surface area contributed by atoms with Gasteiger partial charge in [0, 0.05) is 17.7 Å². The Kier molecular flexibility index (Phi) is 6.13. The number of rotatable bonds is 7. The van der Waals surface area contributed by atoms with Gasteiger partial charge in [-0.1, -0.05) is 43.2 Å². The van der Waals surface area contributed by atoms with Crippen LogP contribution in [0.2, 0.25) is 0 Å². The highest BCUT2D eigenvalue weighted by Crippen LogP contribution is 2.21. The Labute approximate surface area is 136 Å². The average molecular weight is 316 g/mol. The lowest BCUT2D eigenvalue weighted by Crippen LogP contribution is -2.22. The maximum absolute atomic E-state index is 11.7. The fourth-order valence-electron chi connectivity index (χ4n) is 2.22. The van der Waals surface area contributed by atoms with Crippen LogP contribution < -0.4 is 5.32 Å². The van der Waals surface area contributed by atoms with E-state index in [0.29, 0.717) is 13.0 Å². The maximum atomic E-state index is 11.7. The molecule has 0 unspecified atom stereocenters. The molecule has 3 nitrogen and oxygen atoms in total. The minimum absolute atomic E-state index is 0.120. The Morgan fingerprint density at radius 3 is 2.64 bits per heavy atom. The number of benzene rings is 1. The van der Waals surface area contributed by atoms with Gasteiger partial charge >= 0.3 is 0 Å². The van der Waals surface area contributed by atoms with Crippen LogP contribution in [-0.2, 0) is 17.8 Å². The van der Waals surface area contributed by atoms with Crippen LogP contribution in [0, 0.1) is 13.8 Å². The zero-order chi connectivity index (χ0) is 15.9. The second kappa shape index (κ2) is 8.08. The van der Waals surface area contributed by atoms with E-state index >= 15 is 0 Å². The second-order valence-corrected chi connectivity index (χ2v) is 6.83. The van der Waals surface area contributed by atoms with Gasteiger partial charge in [0.1, 0.15) is 5.01 Å². The first-order valence-corrected chi connectivity index (χ1v) is 8.67. The Morgan fingerprint density at radius 1 is 1.23 bits per heavy atom. The van der Waals surface area contributed by atoms with Crippen LogP contribution in [0.4, 0.5) is 0 Å². The molecule has 0 aliphatic heterocycles. The fourth-order valence-corrected chi connectivity index (χ4v) is 3.26. The van der Waals surface area contributed by atoms with Crippen molar-refractivity contribution in [1.82, 2.24) is 10.3 Å². The van der Waals surface area contributed by atoms with E-state index in [-0.39, 0.29) is 5.91 Å². The normalized spacial score (nSPS) is 10.7. The lowest BCUT2D eigenvalue weighted by molar-refractivity contribution is -0.121. The molecule has 1 aromatic carbocycles. The number of aryl methyl sites for hydroxylation is 2. The number of carbonyl (C=O) groups excluding carboxylic acids is 1. The standard InChI is InChI=1S/C18H24N2OS/c1-4-5-6-17(21)19-12-18-20-14(3)16(22-18)11-15-9-7-13(2)8-10-15/h7-10H,4-6,11-12H2,1-3H3,(H,19,21). The number of nitrogens with one attached hydrogen (secondary N) is 1. The van der Waals surface area contributed by atoms with Crippen LogP contribution in [0.25, 0.3) is 0 Å². The zero-order valence-electron chi connectivity index (χ0n) is 13.6. The molecule has 1 N–H and O–H groups in total. The molecular formula is C18H24N2OS. The molecule has 1 aromatic heterocycles. The molecule has 0 atom stereocenters. The van der Waals surface area contributed by atoms with Gasteiger partial charge in [-0.2, -0.15) is 0 Å². The first kappa shape index (κ1) is 16.7. The molecule has 0 bridgehead atoms. The van der Waals surface area contributed by atoms with E-state index in [9.17, 15) is 4.79 Å². The summed E-state index contributed by atoms with van der Waals surface area (Å²) in [6, 6.07) is 8.61. The van der Waals surface area contributed by atoms with Crippen LogP contribution in [0.15, 0.2) is 24.3 Å². The number of amides is 1. The van der Waals surface area contributed by atoms with Crippen molar-refractivity contribution in [3.8, 4) is 0 Å². The highest BCUT2D eigenvalue weighted by Gasteiger charge is 2.09. The Morgan fingerprint density at radius 2 is 1.95 bits per heavy atom. The molecule has 0 aliphatic rings. The van der Waals surface area contributed by atoms with E-state index in [1.807, 2.05) is 6.92 Å². The van der Waals surface area contributed by atoms with E-state index in [0.717, 1.165) is 30.0 Å². The third-order valence-electron chi connectivity index (χ3n) is 3.62. The molecule has 1 amide bonds. The van der Waals surface area contributed by atoms with Crippen molar-refractivity contribution >= 4 is 17.2 Å². The number of unbranched alkanes of at least 4 members (excludes halogenated alkanes) is 1. The van der Waals surface area contributed by atoms with E-state index in [1.54, 1.807) is 11.3 Å². The zero-order valence-corrected chi connectivity index (χ0v) is 14.4. The van der Waals surface area contributed by atoms with E-state index in [2.05, 4.69) is 48.4 Å². The number of hydrogen-bond donors (Lipinski definition) is 1. The molecule has 2 aromatic rings. The lowest BCUT2D eigenvalue weighted by Gasteiger charge is -2.01. The third-order valence-corrected chi connectivity index (χ3v) is 4.77. The smallest absolute Gasteiger partial charge is 0.220 e. The summed E-state index contributed by atoms with van der Waals surface area (Å²) < 4.78 is 0. The summed E-state index contributed by atoms with van der Waals surface area (Å²) in [7, 11) is 0. The number of hydrogen-bond acceptors (Lipinski definition) is 3. The Bertz CT molecular complexity index is 617. The first-order valence-electron chi connectivity index (χ1n) is 7.86. The van der Waals surface area contributed by atoms with E-state index in [1.165, 1.54) is 16.0 Å². The summed E-state index contributed by atoms with van der Waals surface area (Å²) in [6.45, 7) is 6.78. The predicted molar refractivity (Wildman–Crippen MR) is 92.2 cm³/mol. The van der Waals surface area contributed by atoms with Crippen molar-refractivity contribution in [2.24, 2.45) is 0 Å². The molecule has 22 heavy (non-hydrogen) atoms. The van der Waals surface area contributed by atoms with Gasteiger partial charge in [0.25, 0.3) is 0 Å². The molecule has 0 spiro atoms. The summed E-state index contributed by atoms with van der Waals surface area (Å²) in [5.41, 5.74) is 3.65. The Balaban J connectivity index is 1.93. The molecule has 0 fully saturated rings. The maximum Gasteiger partial charge on any atom is 0.220 e. The lowest BCUT2D eigenvalue weighted by atomic mass is 10.1. The SMILES string of the molecule is CCCCC(=O)NCc1nc(C)c(Cc2ccc(C)cc2)s1. The van der Waals surface area contributed by atoms with Crippen molar-refractivity contribution in [1.29, 1.82) is 0 Å². The molecule has 1 heterocycles. The number of thiazole rings is 1. The highest BCUT2D eigenvalue weighted by atomic mass is 32.1. The van der Waals surface area contributed by atoms with Crippen molar-refractivity contribution in [2.75, 3.05) is 0 Å². The van der Waals surface area contributed by atoms with Crippen molar-refractivity contribution in [3.05, 3.63) is 51.0 Å². The number of carbonyl (C=O) groups is 1. The molecule has 4 heteroatoms. The van der Waals surface area contributed by atoms with Crippen LogP contribution in [-0.4, -0.2) is 10.9 Å². The monoisotopic (exact) mass is 316 g/mol. The van der Waals surface area contributed by atoms with Gasteiger partial charge in [-0.3, -0.25) is 4.79 Å². The summed E-state index contributed by atoms with van der Waals surface area (Å²) in [6.07, 6.45) is 3.51. The highest BCUT2D eigenvalue weighted by molar-refractivity contribution is 7.11. The molecule has 2 rings (SSSR count). The van der Waals surface area contributed by atoms with Crippen LogP contribution >= 0.6 is 11.3 Å². The molecule has 0 saturated heterocycles. The molecular weight excluding hydrogens is 292 g/mol. The summed E-state index contributed by atoms with van der Waals surface area (Å²) in [5, 5.41) is 3.94. The van der Waals surface area contributed by atoms with Crippen molar-refractivity contribution < 1.29 is 4.79 Å². The number of aromatic nitrogens is 1. The second-order valence-electron chi connectivity index (χ2n) is 5.66. The molecule has 0 aliphatic carbocycles. The quantitative estimate of drug-likeness (QED) is 0.833. The minimum Gasteiger partial charge on any atom is -0.350 e. The van der Waals surface area contributed by atoms with Gasteiger partial charge in [0.2, 0.25) is 5.91 Å². The summed E-state index contributed by atoms with van der Waals surface area (Å²) in [5.74, 6) is 0.120. The molecule has 0 radical (unpaired) electrons. The van der Waals surface area contributed by atoms with Gasteiger partial charge in [0.15, 0.2) is 0 Å². The number of nitrogens with zero attached hydrogens (tertiary/aromatic N) is 1. The predicted octanol–water partition coefficient (Wildman–Crippen LogP) is 4.16. The fraction of sp³-hybridized carbons (Fsp3) is 0.444. The van der Waals surface area contributed by atoms with Gasteiger partial charge in [-0.15, -0.1) is 11.3 Å². The topological polar surface area (TPSA) is 42.0 Å². The summed E-state index contributed by atoms with van der Waals surface area (Å²) in [4.78, 5) is 17.5. The van der Waals surface area contributed by atoms with Gasteiger partial charge in [-0.25, -0.2) is 4.98 Å². The average Bonchev–Trinajstić information content (AvgIpc) is 2.85. The van der Waals surface area contributed by atoms with Gasteiger partial charge in [-0.05, 0) is 25.8 Å². The molecule has 118 valence electrons. The largest absolute Gasteiger partial charge is 0.350 e. The minimum atomic E-state index is 0.120. The van der Waals surface area contributed by atoms with E-state index in [4.69, 9.17) is 0 Å². The van der Waals surface area contributed by atoms with Crippen molar-refractivity contribution in [2.45, 2.75) is 53.0 Å². The first-order chi connectivity index (χ1) is 10.6.